The van der Waals surface area contributed by atoms with Crippen LogP contribution in [-0.4, -0.2) is 40.9 Å². The third-order valence-corrected chi connectivity index (χ3v) is 5.87. The molecule has 3 aromatic heterocycles. The van der Waals surface area contributed by atoms with Crippen molar-refractivity contribution in [1.82, 2.24) is 19.5 Å². The van der Waals surface area contributed by atoms with Crippen LogP contribution in [0.4, 0.5) is 0 Å². The number of methoxy groups -OCH3 is 2. The van der Waals surface area contributed by atoms with Crippen LogP contribution < -0.4 is 20.3 Å². The van der Waals surface area contributed by atoms with Gasteiger partial charge in [-0.05, 0) is 43.2 Å². The fourth-order valence-corrected chi connectivity index (χ4v) is 4.36. The Kier molecular flexibility index (Phi) is 5.45. The molecule has 0 radical (unpaired) electrons. The Hall–Kier alpha value is -3.33. The van der Waals surface area contributed by atoms with Gasteiger partial charge < -0.3 is 14.8 Å². The molecule has 0 saturated heterocycles. The number of amides is 1. The van der Waals surface area contributed by atoms with Crippen molar-refractivity contribution in [2.75, 3.05) is 20.8 Å². The minimum absolute atomic E-state index is 0.126. The van der Waals surface area contributed by atoms with Gasteiger partial charge in [0.1, 0.15) is 18.4 Å². The van der Waals surface area contributed by atoms with Gasteiger partial charge in [0.25, 0.3) is 5.56 Å². The molecule has 1 N–H and O–H groups in total. The average Bonchev–Trinajstić information content (AvgIpc) is 3.26. The number of carbonyl (C=O) groups excluding carboxylic acids is 1. The first-order valence-electron chi connectivity index (χ1n) is 9.45. The quantitative estimate of drug-likeness (QED) is 0.490. The van der Waals surface area contributed by atoms with E-state index in [0.717, 1.165) is 15.8 Å². The number of aryl methyl sites for hydroxylation is 1. The second-order valence-electron chi connectivity index (χ2n) is 6.89. The van der Waals surface area contributed by atoms with Crippen molar-refractivity contribution in [3.05, 3.63) is 57.5 Å². The van der Waals surface area contributed by atoms with E-state index in [9.17, 15) is 9.59 Å². The third-order valence-electron chi connectivity index (χ3n) is 4.89. The number of rotatable bonds is 7. The Labute approximate surface area is 176 Å². The number of carbonyl (C=O) groups is 1. The number of thiophene rings is 1. The van der Waals surface area contributed by atoms with Gasteiger partial charge in [0.15, 0.2) is 11.5 Å². The van der Waals surface area contributed by atoms with E-state index < -0.39 is 0 Å². The molecule has 3 heterocycles. The number of aromatic nitrogens is 3. The molecule has 0 aliphatic carbocycles. The smallest absolute Gasteiger partial charge is 0.291 e. The van der Waals surface area contributed by atoms with E-state index >= 15 is 0 Å². The van der Waals surface area contributed by atoms with Gasteiger partial charge in [-0.2, -0.15) is 5.10 Å². The van der Waals surface area contributed by atoms with Crippen molar-refractivity contribution in [1.29, 1.82) is 0 Å². The molecule has 0 bridgehead atoms. The lowest BCUT2D eigenvalue weighted by Crippen LogP contribution is -2.35. The molecule has 4 rings (SSSR count). The Morgan fingerprint density at radius 2 is 1.93 bits per heavy atom. The largest absolute Gasteiger partial charge is 0.493 e. The minimum Gasteiger partial charge on any atom is -0.493 e. The fraction of sp³-hybridized carbons (Fsp3) is 0.286. The Bertz CT molecular complexity index is 1290. The maximum absolute atomic E-state index is 12.7. The van der Waals surface area contributed by atoms with E-state index in [1.165, 1.54) is 9.56 Å². The summed E-state index contributed by atoms with van der Waals surface area (Å²) in [5, 5.41) is 7.00. The molecule has 9 heteroatoms. The van der Waals surface area contributed by atoms with Crippen LogP contribution in [-0.2, 0) is 17.8 Å². The van der Waals surface area contributed by atoms with Crippen LogP contribution in [0.5, 0.6) is 11.5 Å². The van der Waals surface area contributed by atoms with Crippen LogP contribution in [0.2, 0.25) is 0 Å². The van der Waals surface area contributed by atoms with Crippen LogP contribution in [0.25, 0.3) is 15.7 Å². The van der Waals surface area contributed by atoms with Crippen LogP contribution in [0.15, 0.2) is 41.5 Å². The lowest BCUT2D eigenvalue weighted by molar-refractivity contribution is -0.121. The van der Waals surface area contributed by atoms with E-state index in [0.29, 0.717) is 30.0 Å². The molecule has 156 valence electrons. The van der Waals surface area contributed by atoms with Gasteiger partial charge in [-0.25, -0.2) is 4.68 Å². The van der Waals surface area contributed by atoms with Crippen molar-refractivity contribution in [3.8, 4) is 11.5 Å². The van der Waals surface area contributed by atoms with Gasteiger partial charge in [0.05, 0.1) is 24.4 Å². The van der Waals surface area contributed by atoms with E-state index in [4.69, 9.17) is 9.47 Å². The molecule has 30 heavy (non-hydrogen) atoms. The summed E-state index contributed by atoms with van der Waals surface area (Å²) >= 11 is 1.63. The van der Waals surface area contributed by atoms with E-state index in [2.05, 4.69) is 10.4 Å². The van der Waals surface area contributed by atoms with Gasteiger partial charge in [0, 0.05) is 11.4 Å². The molecule has 0 saturated carbocycles. The second-order valence-corrected chi connectivity index (χ2v) is 8.18. The Balaban J connectivity index is 1.41. The monoisotopic (exact) mass is 426 g/mol. The molecular weight excluding hydrogens is 404 g/mol. The van der Waals surface area contributed by atoms with Crippen molar-refractivity contribution in [2.24, 2.45) is 0 Å². The number of nitrogens with zero attached hydrogens (tertiary/aromatic N) is 3. The van der Waals surface area contributed by atoms with Crippen molar-refractivity contribution in [3.63, 3.8) is 0 Å². The van der Waals surface area contributed by atoms with Gasteiger partial charge in [-0.1, -0.05) is 6.07 Å². The molecule has 8 nitrogen and oxygen atoms in total. The van der Waals surface area contributed by atoms with E-state index in [1.807, 2.05) is 37.3 Å². The van der Waals surface area contributed by atoms with Crippen molar-refractivity contribution >= 4 is 33.0 Å². The highest BCUT2D eigenvalue weighted by atomic mass is 32.1. The molecule has 0 aliphatic heterocycles. The molecule has 1 amide bonds. The molecule has 4 aromatic rings. The summed E-state index contributed by atoms with van der Waals surface area (Å²) in [6.07, 6.45) is 2.21. The summed E-state index contributed by atoms with van der Waals surface area (Å²) in [5.74, 6) is 1.04. The van der Waals surface area contributed by atoms with Crippen LogP contribution in [0, 0.1) is 6.92 Å². The first kappa shape index (κ1) is 20.0. The highest BCUT2D eigenvalue weighted by Gasteiger charge is 2.13. The number of fused-ring (bicyclic) bond motifs is 3. The number of ether oxygens (including phenoxy) is 2. The first-order valence-corrected chi connectivity index (χ1v) is 10.3. The van der Waals surface area contributed by atoms with Crippen LogP contribution in [0.1, 0.15) is 10.4 Å². The van der Waals surface area contributed by atoms with E-state index in [-0.39, 0.29) is 18.0 Å². The van der Waals surface area contributed by atoms with E-state index in [1.54, 1.807) is 36.3 Å². The number of benzene rings is 1. The molecule has 0 atom stereocenters. The average molecular weight is 426 g/mol. The normalized spacial score (nSPS) is 11.2. The maximum atomic E-state index is 12.7. The van der Waals surface area contributed by atoms with Gasteiger partial charge in [-0.15, -0.1) is 11.3 Å². The zero-order valence-corrected chi connectivity index (χ0v) is 17.8. The first-order chi connectivity index (χ1) is 14.5. The summed E-state index contributed by atoms with van der Waals surface area (Å²) in [5.41, 5.74) is 2.20. The highest BCUT2D eigenvalue weighted by molar-refractivity contribution is 7.19. The van der Waals surface area contributed by atoms with Crippen molar-refractivity contribution < 1.29 is 14.3 Å². The molecule has 1 aromatic carbocycles. The summed E-state index contributed by atoms with van der Waals surface area (Å²) < 4.78 is 14.5. The maximum Gasteiger partial charge on any atom is 0.291 e. The summed E-state index contributed by atoms with van der Waals surface area (Å²) in [4.78, 5) is 26.2. The topological polar surface area (TPSA) is 86.9 Å². The number of hydrogen-bond donors (Lipinski definition) is 1. The van der Waals surface area contributed by atoms with Gasteiger partial charge in [-0.3, -0.25) is 14.0 Å². The minimum atomic E-state index is -0.284. The lowest BCUT2D eigenvalue weighted by Gasteiger charge is -2.10. The molecule has 0 spiro atoms. The molecule has 0 aliphatic rings. The van der Waals surface area contributed by atoms with Crippen molar-refractivity contribution in [2.45, 2.75) is 19.9 Å². The Morgan fingerprint density at radius 3 is 2.70 bits per heavy atom. The van der Waals surface area contributed by atoms with Gasteiger partial charge >= 0.3 is 0 Å². The molecule has 0 fully saturated rings. The van der Waals surface area contributed by atoms with Crippen LogP contribution >= 0.6 is 11.3 Å². The zero-order valence-electron chi connectivity index (χ0n) is 17.0. The molecule has 0 unspecified atom stereocenters. The fourth-order valence-electron chi connectivity index (χ4n) is 3.41. The van der Waals surface area contributed by atoms with Gasteiger partial charge in [0.2, 0.25) is 5.91 Å². The third kappa shape index (κ3) is 3.76. The number of hydrogen-bond acceptors (Lipinski definition) is 6. The predicted molar refractivity (Wildman–Crippen MR) is 116 cm³/mol. The molecular formula is C21H22N4O4S. The lowest BCUT2D eigenvalue weighted by atomic mass is 10.1. The van der Waals surface area contributed by atoms with Crippen LogP contribution in [0.3, 0.4) is 0 Å². The summed E-state index contributed by atoms with van der Waals surface area (Å²) in [6, 6.07) is 9.51. The predicted octanol–water partition coefficient (Wildman–Crippen LogP) is 2.40. The standard InChI is InChI=1S/C21H22N4O4S/c1-13-8-15-19(30-13)10-16-21(27)25(23-12-24(15)16)11-20(26)22-7-6-14-4-5-17(28-2)18(9-14)29-3/h4-5,8-10,12H,6-7,11H2,1-3H3,(H,22,26). The Morgan fingerprint density at radius 1 is 1.13 bits per heavy atom. The SMILES string of the molecule is COc1ccc(CCNC(=O)Cn2ncn3c(cc4sc(C)cc43)c2=O)cc1OC. The zero-order chi connectivity index (χ0) is 21.3. The summed E-state index contributed by atoms with van der Waals surface area (Å²) in [7, 11) is 3.17. The number of nitrogens with one attached hydrogen (secondary N) is 1. The highest BCUT2D eigenvalue weighted by Crippen LogP contribution is 2.28. The second kappa shape index (κ2) is 8.19. The summed E-state index contributed by atoms with van der Waals surface area (Å²) in [6.45, 7) is 2.34.